The number of imidazole rings is 1. The van der Waals surface area contributed by atoms with Crippen molar-refractivity contribution >= 4 is 35.5 Å². The lowest BCUT2D eigenvalue weighted by Gasteiger charge is -2.25. The number of carboxylic acid groups (broad SMARTS) is 1. The van der Waals surface area contributed by atoms with Crippen LogP contribution in [0.15, 0.2) is 36.8 Å². The largest absolute Gasteiger partial charge is 0.508 e. The number of aliphatic carboxylic acids is 1. The number of carboxylic acids is 1. The average Bonchev–Trinajstić information content (AvgIpc) is 3.39. The van der Waals surface area contributed by atoms with E-state index in [-0.39, 0.29) is 25.0 Å². The lowest BCUT2D eigenvalue weighted by molar-refractivity contribution is -0.142. The number of hydrogen-bond acceptors (Lipinski definition) is 9. The van der Waals surface area contributed by atoms with Gasteiger partial charge in [-0.25, -0.2) is 9.78 Å². The van der Waals surface area contributed by atoms with Crippen molar-refractivity contribution in [3.63, 3.8) is 0 Å². The normalized spacial score (nSPS) is 14.9. The summed E-state index contributed by atoms with van der Waals surface area (Å²) in [6, 6.07) is 1.09. The SMILES string of the molecule is CSCCC(NC(=O)C(Cc1cnc[nH]1)NC(=O)C(Cc1ccc(O)cc1)NC(=O)C(N)C(C)O)C(=O)O. The molecule has 0 aliphatic carbocycles. The Labute approximate surface area is 224 Å². The highest BCUT2D eigenvalue weighted by Gasteiger charge is 2.31. The number of H-pyrrole nitrogens is 1. The summed E-state index contributed by atoms with van der Waals surface area (Å²) in [6.07, 6.45) is 3.63. The van der Waals surface area contributed by atoms with E-state index in [0.717, 1.165) is 0 Å². The maximum Gasteiger partial charge on any atom is 0.326 e. The molecule has 2 aromatic rings. The monoisotopic (exact) mass is 550 g/mol. The highest BCUT2D eigenvalue weighted by Crippen LogP contribution is 2.12. The molecule has 0 saturated heterocycles. The number of carbonyl (C=O) groups is 4. The number of nitrogens with two attached hydrogens (primary N) is 1. The minimum atomic E-state index is -1.30. The van der Waals surface area contributed by atoms with Crippen LogP contribution in [0.1, 0.15) is 24.6 Å². The molecule has 13 nitrogen and oxygen atoms in total. The first-order valence-electron chi connectivity index (χ1n) is 11.8. The number of aliphatic hydroxyl groups is 1. The van der Waals surface area contributed by atoms with Gasteiger partial charge in [0.05, 0.1) is 12.4 Å². The molecule has 2 rings (SSSR count). The Hall–Kier alpha value is -3.62. The zero-order valence-electron chi connectivity index (χ0n) is 21.1. The van der Waals surface area contributed by atoms with E-state index in [2.05, 4.69) is 25.9 Å². The van der Waals surface area contributed by atoms with Gasteiger partial charge < -0.3 is 42.0 Å². The molecule has 0 aliphatic rings. The van der Waals surface area contributed by atoms with Gasteiger partial charge in [0.15, 0.2) is 0 Å². The number of rotatable bonds is 15. The lowest BCUT2D eigenvalue weighted by atomic mass is 10.0. The summed E-state index contributed by atoms with van der Waals surface area (Å²) in [4.78, 5) is 57.5. The molecule has 1 aromatic heterocycles. The standard InChI is InChI=1S/C24H34N6O7S/c1-13(31)20(25)23(35)30-18(9-14-3-5-16(32)6-4-14)21(33)29-19(10-15-11-26-12-27-15)22(34)28-17(24(36)37)7-8-38-2/h3-6,11-13,17-20,31-32H,7-10,25H2,1-2H3,(H,26,27)(H,28,34)(H,29,33)(H,30,35)(H,36,37). The second-order valence-electron chi connectivity index (χ2n) is 8.72. The molecule has 5 unspecified atom stereocenters. The number of thioether (sulfide) groups is 1. The van der Waals surface area contributed by atoms with Crippen LogP contribution in [0.4, 0.5) is 0 Å². The van der Waals surface area contributed by atoms with Crippen molar-refractivity contribution in [2.24, 2.45) is 5.73 Å². The first kappa shape index (κ1) is 30.6. The summed E-state index contributed by atoms with van der Waals surface area (Å²) >= 11 is 1.43. The van der Waals surface area contributed by atoms with Crippen LogP contribution < -0.4 is 21.7 Å². The highest BCUT2D eigenvalue weighted by atomic mass is 32.2. The zero-order valence-corrected chi connectivity index (χ0v) is 21.9. The predicted octanol–water partition coefficient (Wildman–Crippen LogP) is -1.10. The van der Waals surface area contributed by atoms with Crippen LogP contribution in [-0.2, 0) is 32.0 Å². The Kier molecular flexibility index (Phi) is 12.0. The Morgan fingerprint density at radius 1 is 1.00 bits per heavy atom. The topological polar surface area (TPSA) is 220 Å². The first-order valence-corrected chi connectivity index (χ1v) is 13.2. The molecule has 0 aliphatic heterocycles. The van der Waals surface area contributed by atoms with Gasteiger partial charge in [0.1, 0.15) is 29.9 Å². The number of aromatic hydroxyl groups is 1. The number of benzene rings is 1. The number of aliphatic hydroxyl groups excluding tert-OH is 1. The van der Waals surface area contributed by atoms with Crippen molar-refractivity contribution in [2.45, 2.75) is 56.5 Å². The molecule has 0 saturated carbocycles. The van der Waals surface area contributed by atoms with Crippen LogP contribution >= 0.6 is 11.8 Å². The second-order valence-corrected chi connectivity index (χ2v) is 9.71. The molecule has 0 fully saturated rings. The van der Waals surface area contributed by atoms with Crippen LogP contribution in [0.2, 0.25) is 0 Å². The molecule has 0 bridgehead atoms. The van der Waals surface area contributed by atoms with E-state index in [1.54, 1.807) is 12.1 Å². The third kappa shape index (κ3) is 9.68. The van der Waals surface area contributed by atoms with Gasteiger partial charge >= 0.3 is 5.97 Å². The molecule has 3 amide bonds. The van der Waals surface area contributed by atoms with E-state index in [1.165, 1.54) is 43.3 Å². The molecule has 0 spiro atoms. The Balaban J connectivity index is 2.28. The maximum absolute atomic E-state index is 13.4. The zero-order chi connectivity index (χ0) is 28.2. The van der Waals surface area contributed by atoms with E-state index in [1.807, 2.05) is 6.26 Å². The number of aromatic nitrogens is 2. The first-order chi connectivity index (χ1) is 18.0. The molecule has 0 radical (unpaired) electrons. The fraction of sp³-hybridized carbons (Fsp3) is 0.458. The molecular formula is C24H34N6O7S. The van der Waals surface area contributed by atoms with Crippen LogP contribution in [-0.4, -0.2) is 91.3 Å². The van der Waals surface area contributed by atoms with E-state index in [4.69, 9.17) is 5.73 Å². The van der Waals surface area contributed by atoms with Gasteiger partial charge in [-0.05, 0) is 43.0 Å². The third-order valence-corrected chi connectivity index (χ3v) is 6.31. The van der Waals surface area contributed by atoms with E-state index >= 15 is 0 Å². The molecule has 9 N–H and O–H groups in total. The molecule has 38 heavy (non-hydrogen) atoms. The lowest BCUT2D eigenvalue weighted by Crippen LogP contribution is -2.59. The number of nitrogens with one attached hydrogen (secondary N) is 4. The van der Waals surface area contributed by atoms with Gasteiger partial charge in [0.25, 0.3) is 0 Å². The van der Waals surface area contributed by atoms with Gasteiger partial charge in [-0.3, -0.25) is 14.4 Å². The van der Waals surface area contributed by atoms with Gasteiger partial charge in [0, 0.05) is 24.7 Å². The molecule has 1 aromatic carbocycles. The summed E-state index contributed by atoms with van der Waals surface area (Å²) < 4.78 is 0. The second kappa shape index (κ2) is 15.0. The van der Waals surface area contributed by atoms with Crippen molar-refractivity contribution in [2.75, 3.05) is 12.0 Å². The summed E-state index contributed by atoms with van der Waals surface area (Å²) in [6.45, 7) is 1.33. The van der Waals surface area contributed by atoms with Gasteiger partial charge in [-0.1, -0.05) is 12.1 Å². The summed E-state index contributed by atoms with van der Waals surface area (Å²) in [7, 11) is 0. The van der Waals surface area contributed by atoms with Gasteiger partial charge in [0.2, 0.25) is 17.7 Å². The third-order valence-electron chi connectivity index (χ3n) is 5.67. The highest BCUT2D eigenvalue weighted by molar-refractivity contribution is 7.98. The Morgan fingerprint density at radius 3 is 2.11 bits per heavy atom. The van der Waals surface area contributed by atoms with Crippen LogP contribution in [0.5, 0.6) is 5.75 Å². The van der Waals surface area contributed by atoms with Gasteiger partial charge in [-0.15, -0.1) is 0 Å². The number of phenols is 1. The molecule has 1 heterocycles. The van der Waals surface area contributed by atoms with Crippen molar-refractivity contribution < 1.29 is 34.5 Å². The van der Waals surface area contributed by atoms with Crippen molar-refractivity contribution in [1.82, 2.24) is 25.9 Å². The van der Waals surface area contributed by atoms with E-state index < -0.39 is 54.0 Å². The van der Waals surface area contributed by atoms with E-state index in [0.29, 0.717) is 17.0 Å². The quantitative estimate of drug-likeness (QED) is 0.134. The van der Waals surface area contributed by atoms with Crippen molar-refractivity contribution in [1.29, 1.82) is 0 Å². The Morgan fingerprint density at radius 2 is 1.58 bits per heavy atom. The minimum absolute atomic E-state index is 0.0145. The fourth-order valence-corrected chi connectivity index (χ4v) is 3.90. The van der Waals surface area contributed by atoms with Crippen molar-refractivity contribution in [3.05, 3.63) is 48.0 Å². The number of nitrogens with zero attached hydrogens (tertiary/aromatic N) is 1. The molecule has 14 heteroatoms. The maximum atomic E-state index is 13.4. The summed E-state index contributed by atoms with van der Waals surface area (Å²) in [5.74, 6) is -2.93. The number of hydrogen-bond donors (Lipinski definition) is 8. The fourth-order valence-electron chi connectivity index (χ4n) is 3.43. The van der Waals surface area contributed by atoms with Gasteiger partial charge in [-0.2, -0.15) is 11.8 Å². The Bertz CT molecular complexity index is 1060. The number of carbonyl (C=O) groups excluding carboxylic acids is 3. The van der Waals surface area contributed by atoms with Crippen molar-refractivity contribution in [3.8, 4) is 5.75 Å². The smallest absolute Gasteiger partial charge is 0.326 e. The number of aromatic amines is 1. The van der Waals surface area contributed by atoms with E-state index in [9.17, 15) is 34.5 Å². The van der Waals surface area contributed by atoms with Crippen LogP contribution in [0.25, 0.3) is 0 Å². The predicted molar refractivity (Wildman–Crippen MR) is 140 cm³/mol. The number of phenolic OH excluding ortho intramolecular Hbond substituents is 1. The number of amides is 3. The summed E-state index contributed by atoms with van der Waals surface area (Å²) in [5, 5.41) is 36.3. The molecule has 208 valence electrons. The summed E-state index contributed by atoms with van der Waals surface area (Å²) in [5.41, 5.74) is 6.83. The van der Waals surface area contributed by atoms with Crippen LogP contribution in [0.3, 0.4) is 0 Å². The molecular weight excluding hydrogens is 516 g/mol. The molecule has 5 atom stereocenters. The minimum Gasteiger partial charge on any atom is -0.508 e. The average molecular weight is 551 g/mol. The van der Waals surface area contributed by atoms with Crippen LogP contribution in [0, 0.1) is 0 Å².